The highest BCUT2D eigenvalue weighted by Gasteiger charge is 2.16. The van der Waals surface area contributed by atoms with Gasteiger partial charge in [0.15, 0.2) is 0 Å². The van der Waals surface area contributed by atoms with Gasteiger partial charge >= 0.3 is 0 Å². The second-order valence-corrected chi connectivity index (χ2v) is 6.16. The largest absolute Gasteiger partial charge is 0.350 e. The van der Waals surface area contributed by atoms with Crippen molar-refractivity contribution in [3.63, 3.8) is 0 Å². The molecule has 1 aromatic carbocycles. The van der Waals surface area contributed by atoms with Gasteiger partial charge in [0, 0.05) is 10.9 Å². The number of amides is 1. The summed E-state index contributed by atoms with van der Waals surface area (Å²) in [5.41, 5.74) is 1.13. The number of nitrogens with one attached hydrogen (secondary N) is 2. The highest BCUT2D eigenvalue weighted by molar-refractivity contribution is 9.10. The molecule has 0 aliphatic carbocycles. The number of rotatable bonds is 5. The fourth-order valence-electron chi connectivity index (χ4n) is 2.47. The number of hydrogen-bond donors (Lipinski definition) is 2. The zero-order chi connectivity index (χ0) is 13.7. The van der Waals surface area contributed by atoms with E-state index in [4.69, 9.17) is 0 Å². The van der Waals surface area contributed by atoms with Crippen molar-refractivity contribution < 1.29 is 4.79 Å². The van der Waals surface area contributed by atoms with Crippen LogP contribution in [-0.4, -0.2) is 19.0 Å². The lowest BCUT2D eigenvalue weighted by molar-refractivity contribution is -0.122. The molecule has 1 unspecified atom stereocenters. The van der Waals surface area contributed by atoms with Crippen LogP contribution in [0.1, 0.15) is 37.8 Å². The Hall–Kier alpha value is -0.870. The third-order valence-corrected chi connectivity index (χ3v) is 4.16. The van der Waals surface area contributed by atoms with Crippen molar-refractivity contribution in [1.29, 1.82) is 0 Å². The van der Waals surface area contributed by atoms with E-state index in [1.807, 2.05) is 31.2 Å². The highest BCUT2D eigenvalue weighted by Crippen LogP contribution is 2.19. The molecular formula is C15H21BrN2O. The molecule has 3 nitrogen and oxygen atoms in total. The number of halogens is 1. The summed E-state index contributed by atoms with van der Waals surface area (Å²) in [4.78, 5) is 11.9. The molecule has 1 aromatic rings. The first-order chi connectivity index (χ1) is 9.15. The molecule has 0 radical (unpaired) electrons. The summed E-state index contributed by atoms with van der Waals surface area (Å²) in [5.74, 6) is 0.825. The Kier molecular flexibility index (Phi) is 5.40. The predicted molar refractivity (Wildman–Crippen MR) is 80.9 cm³/mol. The lowest BCUT2D eigenvalue weighted by atomic mass is 10.0. The Morgan fingerprint density at radius 1 is 1.58 bits per heavy atom. The molecule has 104 valence electrons. The van der Waals surface area contributed by atoms with Crippen LogP contribution in [0, 0.1) is 5.92 Å². The maximum atomic E-state index is 11.9. The van der Waals surface area contributed by atoms with E-state index in [1.165, 1.54) is 6.42 Å². The van der Waals surface area contributed by atoms with Crippen LogP contribution < -0.4 is 10.6 Å². The van der Waals surface area contributed by atoms with Crippen molar-refractivity contribution in [1.82, 2.24) is 10.6 Å². The number of carbonyl (C=O) groups excluding carboxylic acids is 1. The molecule has 0 bridgehead atoms. The second-order valence-electron chi connectivity index (χ2n) is 5.24. The van der Waals surface area contributed by atoms with Gasteiger partial charge in [-0.15, -0.1) is 0 Å². The van der Waals surface area contributed by atoms with E-state index < -0.39 is 0 Å². The predicted octanol–water partition coefficient (Wildman–Crippen LogP) is 3.02. The Labute approximate surface area is 123 Å². The van der Waals surface area contributed by atoms with Crippen molar-refractivity contribution in [2.75, 3.05) is 13.1 Å². The maximum absolute atomic E-state index is 11.9. The maximum Gasteiger partial charge on any atom is 0.220 e. The average molecular weight is 325 g/mol. The van der Waals surface area contributed by atoms with Gasteiger partial charge < -0.3 is 10.6 Å². The fraction of sp³-hybridized carbons (Fsp3) is 0.533. The van der Waals surface area contributed by atoms with Crippen molar-refractivity contribution in [3.05, 3.63) is 34.3 Å². The lowest BCUT2D eigenvalue weighted by Crippen LogP contribution is -2.27. The standard InChI is InChI=1S/C15H21BrN2O/c1-11(13-3-2-4-14(16)9-13)18-15(19)6-5-12-7-8-17-10-12/h2-4,9,11-12,17H,5-8,10H2,1H3,(H,18,19)/t11-,12?/m0/s1. The Morgan fingerprint density at radius 2 is 2.42 bits per heavy atom. The van der Waals surface area contributed by atoms with Crippen LogP contribution in [0.5, 0.6) is 0 Å². The van der Waals surface area contributed by atoms with Crippen molar-refractivity contribution >= 4 is 21.8 Å². The average Bonchev–Trinajstić information content (AvgIpc) is 2.89. The summed E-state index contributed by atoms with van der Waals surface area (Å²) in [7, 11) is 0. The third kappa shape index (κ3) is 4.62. The van der Waals surface area contributed by atoms with Gasteiger partial charge in [-0.1, -0.05) is 28.1 Å². The highest BCUT2D eigenvalue weighted by atomic mass is 79.9. The van der Waals surface area contributed by atoms with Gasteiger partial charge in [-0.2, -0.15) is 0 Å². The zero-order valence-electron chi connectivity index (χ0n) is 11.3. The first-order valence-electron chi connectivity index (χ1n) is 6.90. The topological polar surface area (TPSA) is 41.1 Å². The molecule has 1 aliphatic heterocycles. The molecule has 2 rings (SSSR count). The number of carbonyl (C=O) groups is 1. The molecule has 0 spiro atoms. The summed E-state index contributed by atoms with van der Waals surface area (Å²) in [5, 5.41) is 6.40. The molecule has 1 heterocycles. The smallest absolute Gasteiger partial charge is 0.220 e. The van der Waals surface area contributed by atoms with Crippen LogP contribution in [0.25, 0.3) is 0 Å². The Balaban J connectivity index is 1.77. The fourth-order valence-corrected chi connectivity index (χ4v) is 2.89. The van der Waals surface area contributed by atoms with Crippen molar-refractivity contribution in [2.45, 2.75) is 32.2 Å². The normalized spacial score (nSPS) is 20.2. The van der Waals surface area contributed by atoms with Crippen LogP contribution in [0.2, 0.25) is 0 Å². The van der Waals surface area contributed by atoms with Gasteiger partial charge in [-0.3, -0.25) is 4.79 Å². The quantitative estimate of drug-likeness (QED) is 0.874. The molecule has 19 heavy (non-hydrogen) atoms. The summed E-state index contributed by atoms with van der Waals surface area (Å²) in [6.45, 7) is 4.19. The van der Waals surface area contributed by atoms with E-state index >= 15 is 0 Å². The van der Waals surface area contributed by atoms with Crippen LogP contribution >= 0.6 is 15.9 Å². The summed E-state index contributed by atoms with van der Waals surface area (Å²) >= 11 is 3.45. The molecule has 1 saturated heterocycles. The molecule has 4 heteroatoms. The van der Waals surface area contributed by atoms with Crippen molar-refractivity contribution in [2.24, 2.45) is 5.92 Å². The minimum Gasteiger partial charge on any atom is -0.350 e. The zero-order valence-corrected chi connectivity index (χ0v) is 12.9. The molecular weight excluding hydrogens is 304 g/mol. The molecule has 1 amide bonds. The molecule has 2 atom stereocenters. The monoisotopic (exact) mass is 324 g/mol. The summed E-state index contributed by atoms with van der Waals surface area (Å²) < 4.78 is 1.04. The third-order valence-electron chi connectivity index (χ3n) is 3.67. The SMILES string of the molecule is C[C@H](NC(=O)CCC1CCNC1)c1cccc(Br)c1. The number of hydrogen-bond acceptors (Lipinski definition) is 2. The van der Waals surface area contributed by atoms with Crippen LogP contribution in [-0.2, 0) is 4.79 Å². The number of benzene rings is 1. The Bertz CT molecular complexity index is 430. The van der Waals surface area contributed by atoms with Gasteiger partial charge in [0.05, 0.1) is 6.04 Å². The molecule has 1 fully saturated rings. The summed E-state index contributed by atoms with van der Waals surface area (Å²) in [6.07, 6.45) is 2.82. The van der Waals surface area contributed by atoms with Crippen LogP contribution in [0.3, 0.4) is 0 Å². The van der Waals surface area contributed by atoms with Gasteiger partial charge in [-0.25, -0.2) is 0 Å². The van der Waals surface area contributed by atoms with Crippen LogP contribution in [0.4, 0.5) is 0 Å². The van der Waals surface area contributed by atoms with Gasteiger partial charge in [0.1, 0.15) is 0 Å². The van der Waals surface area contributed by atoms with E-state index in [0.717, 1.165) is 29.5 Å². The first kappa shape index (κ1) is 14.5. The van der Waals surface area contributed by atoms with Gasteiger partial charge in [-0.05, 0) is 56.5 Å². The van der Waals surface area contributed by atoms with Gasteiger partial charge in [0.2, 0.25) is 5.91 Å². The molecule has 2 N–H and O–H groups in total. The van der Waals surface area contributed by atoms with E-state index in [1.54, 1.807) is 0 Å². The van der Waals surface area contributed by atoms with E-state index in [-0.39, 0.29) is 11.9 Å². The van der Waals surface area contributed by atoms with E-state index in [0.29, 0.717) is 12.3 Å². The van der Waals surface area contributed by atoms with Crippen LogP contribution in [0.15, 0.2) is 28.7 Å². The minimum atomic E-state index is 0.0618. The van der Waals surface area contributed by atoms with E-state index in [9.17, 15) is 4.79 Å². The lowest BCUT2D eigenvalue weighted by Gasteiger charge is -2.15. The Morgan fingerprint density at radius 3 is 3.11 bits per heavy atom. The first-order valence-corrected chi connectivity index (χ1v) is 7.70. The molecule has 1 aliphatic rings. The minimum absolute atomic E-state index is 0.0618. The molecule has 0 saturated carbocycles. The second kappa shape index (κ2) is 7.06. The van der Waals surface area contributed by atoms with E-state index in [2.05, 4.69) is 26.6 Å². The molecule has 0 aromatic heterocycles. The summed E-state index contributed by atoms with van der Waals surface area (Å²) in [6, 6.07) is 8.13. The van der Waals surface area contributed by atoms with Gasteiger partial charge in [0.25, 0.3) is 0 Å². The van der Waals surface area contributed by atoms with Crippen molar-refractivity contribution in [3.8, 4) is 0 Å².